The molecule has 1 saturated heterocycles. The lowest BCUT2D eigenvalue weighted by Crippen LogP contribution is -2.28. The predicted molar refractivity (Wildman–Crippen MR) is 99.3 cm³/mol. The van der Waals surface area contributed by atoms with Crippen LogP contribution in [0, 0.1) is 5.82 Å². The molecule has 1 aliphatic rings. The highest BCUT2D eigenvalue weighted by molar-refractivity contribution is 5.84. The van der Waals surface area contributed by atoms with E-state index in [-0.39, 0.29) is 11.3 Å². The number of alkyl halides is 2. The zero-order valence-electron chi connectivity index (χ0n) is 15.5. The predicted octanol–water partition coefficient (Wildman–Crippen LogP) is 4.68. The lowest BCUT2D eigenvalue weighted by molar-refractivity contribution is 0.0223. The van der Waals surface area contributed by atoms with Crippen molar-refractivity contribution in [2.24, 2.45) is 0 Å². The summed E-state index contributed by atoms with van der Waals surface area (Å²) in [6.07, 6.45) is 1.36. The normalized spacial score (nSPS) is 18.3. The largest absolute Gasteiger partial charge is 0.511 e. The molecule has 1 atom stereocenters. The molecule has 3 heterocycles. The molecule has 0 bridgehead atoms. The third-order valence-electron chi connectivity index (χ3n) is 5.08. The van der Waals surface area contributed by atoms with Gasteiger partial charge >= 0.3 is 6.16 Å². The van der Waals surface area contributed by atoms with E-state index in [1.54, 1.807) is 18.3 Å². The molecule has 0 radical (unpaired) electrons. The lowest BCUT2D eigenvalue weighted by Gasteiger charge is -2.29. The van der Waals surface area contributed by atoms with Crippen LogP contribution in [0.1, 0.15) is 30.5 Å². The van der Waals surface area contributed by atoms with E-state index in [1.807, 2.05) is 6.92 Å². The molecule has 0 aliphatic carbocycles. The van der Waals surface area contributed by atoms with Crippen LogP contribution in [0.5, 0.6) is 5.75 Å². The molecule has 4 rings (SSSR count). The minimum Gasteiger partial charge on any atom is -0.449 e. The van der Waals surface area contributed by atoms with Gasteiger partial charge in [-0.05, 0) is 35.7 Å². The fourth-order valence-electron chi connectivity index (χ4n) is 3.91. The van der Waals surface area contributed by atoms with E-state index in [4.69, 9.17) is 9.84 Å². The number of aromatic nitrogens is 2. The van der Waals surface area contributed by atoms with Crippen molar-refractivity contribution in [1.82, 2.24) is 9.61 Å². The van der Waals surface area contributed by atoms with Crippen molar-refractivity contribution in [2.75, 3.05) is 11.4 Å². The third kappa shape index (κ3) is 3.48. The monoisotopic (exact) mass is 405 g/mol. The Balaban J connectivity index is 1.93. The Kier molecular flexibility index (Phi) is 4.60. The molecule has 3 aromatic rings. The molecule has 1 N–H and O–H groups in total. The fraction of sp³-hybridized carbons (Fsp3) is 0.300. The van der Waals surface area contributed by atoms with Gasteiger partial charge in [-0.3, -0.25) is 0 Å². The Morgan fingerprint density at radius 3 is 2.86 bits per heavy atom. The standard InChI is InChI=1S/C20H18F3N3O3/c1-2-12-6-7-26-18(16(10-24-26)29-19(27)28)17(12)25-11-20(22,23)9-15(25)13-4-3-5-14(21)8-13/h3-8,10,15H,2,9,11H2,1H3,(H,27,28)/t15-/m1/s1. The molecule has 0 amide bonds. The number of pyridine rings is 1. The lowest BCUT2D eigenvalue weighted by atomic mass is 10.0. The van der Waals surface area contributed by atoms with Gasteiger partial charge in [0.2, 0.25) is 0 Å². The highest BCUT2D eigenvalue weighted by Crippen LogP contribution is 2.47. The van der Waals surface area contributed by atoms with Crippen LogP contribution in [-0.2, 0) is 6.42 Å². The summed E-state index contributed by atoms with van der Waals surface area (Å²) in [6.45, 7) is 1.29. The van der Waals surface area contributed by atoms with Gasteiger partial charge in [0.1, 0.15) is 11.3 Å². The molecular formula is C20H18F3N3O3. The van der Waals surface area contributed by atoms with E-state index >= 15 is 0 Å². The van der Waals surface area contributed by atoms with Gasteiger partial charge < -0.3 is 14.7 Å². The number of hydrogen-bond donors (Lipinski definition) is 1. The van der Waals surface area contributed by atoms with Gasteiger partial charge in [0, 0.05) is 12.6 Å². The van der Waals surface area contributed by atoms with Crippen LogP contribution >= 0.6 is 0 Å². The smallest absolute Gasteiger partial charge is 0.449 e. The summed E-state index contributed by atoms with van der Waals surface area (Å²) in [7, 11) is 0. The van der Waals surface area contributed by atoms with Crippen LogP contribution in [0.4, 0.5) is 23.7 Å². The Morgan fingerprint density at radius 1 is 1.38 bits per heavy atom. The fourth-order valence-corrected chi connectivity index (χ4v) is 3.91. The summed E-state index contributed by atoms with van der Waals surface area (Å²) in [5, 5.41) is 13.1. The maximum absolute atomic E-state index is 14.5. The van der Waals surface area contributed by atoms with Crippen molar-refractivity contribution in [2.45, 2.75) is 31.7 Å². The van der Waals surface area contributed by atoms with E-state index < -0.39 is 36.9 Å². The Labute approximate surface area is 164 Å². The van der Waals surface area contributed by atoms with Crippen LogP contribution < -0.4 is 9.64 Å². The molecule has 1 aromatic carbocycles. The zero-order chi connectivity index (χ0) is 20.8. The van der Waals surface area contributed by atoms with Gasteiger partial charge in [-0.25, -0.2) is 22.5 Å². The van der Waals surface area contributed by atoms with Crippen molar-refractivity contribution >= 4 is 17.4 Å². The average Bonchev–Trinajstić information content (AvgIpc) is 3.21. The van der Waals surface area contributed by atoms with Crippen LogP contribution in [-0.4, -0.2) is 33.3 Å². The summed E-state index contributed by atoms with van der Waals surface area (Å²) in [4.78, 5) is 12.6. The zero-order valence-corrected chi connectivity index (χ0v) is 15.5. The van der Waals surface area contributed by atoms with Crippen molar-refractivity contribution in [1.29, 1.82) is 0 Å². The van der Waals surface area contributed by atoms with Gasteiger partial charge in [-0.1, -0.05) is 19.1 Å². The summed E-state index contributed by atoms with van der Waals surface area (Å²) >= 11 is 0. The minimum absolute atomic E-state index is 0.0454. The number of benzene rings is 1. The summed E-state index contributed by atoms with van der Waals surface area (Å²) in [5.41, 5.74) is 1.85. The van der Waals surface area contributed by atoms with Gasteiger partial charge in [-0.15, -0.1) is 0 Å². The van der Waals surface area contributed by atoms with E-state index in [9.17, 15) is 18.0 Å². The first-order valence-corrected chi connectivity index (χ1v) is 9.09. The number of anilines is 1. The molecule has 2 aromatic heterocycles. The van der Waals surface area contributed by atoms with Crippen molar-refractivity contribution < 1.29 is 27.8 Å². The van der Waals surface area contributed by atoms with Gasteiger partial charge in [0.05, 0.1) is 24.5 Å². The van der Waals surface area contributed by atoms with Gasteiger partial charge in [0.25, 0.3) is 5.92 Å². The number of halogens is 3. The maximum Gasteiger partial charge on any atom is 0.511 e. The number of carboxylic acid groups (broad SMARTS) is 1. The Hall–Kier alpha value is -3.23. The van der Waals surface area contributed by atoms with Crippen molar-refractivity contribution in [3.63, 3.8) is 0 Å². The molecule has 0 spiro atoms. The molecule has 0 unspecified atom stereocenters. The van der Waals surface area contributed by atoms with E-state index in [2.05, 4.69) is 5.10 Å². The van der Waals surface area contributed by atoms with E-state index in [0.717, 1.165) is 5.56 Å². The van der Waals surface area contributed by atoms with E-state index in [1.165, 1.54) is 33.8 Å². The van der Waals surface area contributed by atoms with Crippen molar-refractivity contribution in [3.8, 4) is 5.75 Å². The maximum atomic E-state index is 14.5. The quantitative estimate of drug-likeness (QED) is 0.639. The van der Waals surface area contributed by atoms with E-state index in [0.29, 0.717) is 17.7 Å². The second-order valence-corrected chi connectivity index (χ2v) is 6.97. The molecular weight excluding hydrogens is 387 g/mol. The van der Waals surface area contributed by atoms with Crippen molar-refractivity contribution in [3.05, 3.63) is 59.7 Å². The second-order valence-electron chi connectivity index (χ2n) is 6.97. The Morgan fingerprint density at radius 2 is 2.17 bits per heavy atom. The number of hydrogen-bond acceptors (Lipinski definition) is 4. The van der Waals surface area contributed by atoms with Crippen LogP contribution in [0.15, 0.2) is 42.7 Å². The minimum atomic E-state index is -3.00. The first kappa shape index (κ1) is 19.1. The van der Waals surface area contributed by atoms with Crippen LogP contribution in [0.25, 0.3) is 5.52 Å². The highest BCUT2D eigenvalue weighted by atomic mass is 19.3. The molecule has 6 nitrogen and oxygen atoms in total. The molecule has 1 aliphatic heterocycles. The van der Waals surface area contributed by atoms with Crippen LogP contribution in [0.3, 0.4) is 0 Å². The second kappa shape index (κ2) is 6.98. The summed E-state index contributed by atoms with van der Waals surface area (Å²) in [6, 6.07) is 6.56. The highest BCUT2D eigenvalue weighted by Gasteiger charge is 2.47. The molecule has 0 saturated carbocycles. The number of aryl methyl sites for hydroxylation is 1. The molecule has 29 heavy (non-hydrogen) atoms. The molecule has 9 heteroatoms. The number of ether oxygens (including phenoxy) is 1. The molecule has 152 valence electrons. The van der Waals surface area contributed by atoms with Gasteiger partial charge in [-0.2, -0.15) is 5.10 Å². The number of rotatable bonds is 4. The Bertz CT molecular complexity index is 1080. The first-order valence-electron chi connectivity index (χ1n) is 9.09. The topological polar surface area (TPSA) is 67.1 Å². The number of fused-ring (bicyclic) bond motifs is 1. The van der Waals surface area contributed by atoms with Gasteiger partial charge in [0.15, 0.2) is 5.75 Å². The number of nitrogens with zero attached hydrogens (tertiary/aromatic N) is 3. The summed E-state index contributed by atoms with van der Waals surface area (Å²) in [5.74, 6) is -3.55. The molecule has 1 fully saturated rings. The summed E-state index contributed by atoms with van der Waals surface area (Å²) < 4.78 is 49.0. The SMILES string of the molecule is CCc1ccn2ncc(OC(=O)O)c2c1N1CC(F)(F)C[C@@H]1c1cccc(F)c1. The third-order valence-corrected chi connectivity index (χ3v) is 5.08. The van der Waals surface area contributed by atoms with Crippen LogP contribution in [0.2, 0.25) is 0 Å². The number of carbonyl (C=O) groups is 1. The first-order chi connectivity index (χ1) is 13.8. The average molecular weight is 405 g/mol.